The minimum atomic E-state index is -0.656. The van der Waals surface area contributed by atoms with E-state index in [2.05, 4.69) is 12.2 Å². The number of ketones is 1. The van der Waals surface area contributed by atoms with Crippen LogP contribution in [-0.4, -0.2) is 40.1 Å². The van der Waals surface area contributed by atoms with Gasteiger partial charge < -0.3 is 0 Å². The van der Waals surface area contributed by atoms with Crippen molar-refractivity contribution in [2.75, 3.05) is 6.54 Å². The van der Waals surface area contributed by atoms with Crippen molar-refractivity contribution in [2.45, 2.75) is 20.3 Å². The first-order valence-electron chi connectivity index (χ1n) is 12.1. The number of nitrogens with zero attached hydrogens (tertiary/aromatic N) is 2. The largest absolute Gasteiger partial charge is 0.292 e. The maximum atomic E-state index is 13.7. The van der Waals surface area contributed by atoms with Crippen LogP contribution in [0.25, 0.3) is 0 Å². The van der Waals surface area contributed by atoms with Crippen LogP contribution in [0.15, 0.2) is 48.6 Å². The minimum Gasteiger partial charge on any atom is -0.292 e. The number of hydrogen-bond acceptors (Lipinski definition) is 4. The molecule has 8 heteroatoms. The Labute approximate surface area is 218 Å². The normalized spacial score (nSPS) is 29.3. The lowest BCUT2D eigenvalue weighted by molar-refractivity contribution is -0.154. The molecule has 0 N–H and O–H groups in total. The van der Waals surface area contributed by atoms with Gasteiger partial charge in [-0.2, -0.15) is 5.01 Å². The number of carbonyl (C=O) groups is 4. The van der Waals surface area contributed by atoms with E-state index >= 15 is 0 Å². The van der Waals surface area contributed by atoms with E-state index in [0.717, 1.165) is 27.6 Å². The van der Waals surface area contributed by atoms with Crippen LogP contribution in [0.2, 0.25) is 10.0 Å². The standard InChI is InChI=1S/C28H24Cl2N2O4/c1-13-3-4-15(9-14(13)2)23(33)12-31(26(34)16-5-8-21(29)22(30)10-16)32-27(35)24-17-6-7-18(20-11-19(17)20)25(24)28(32)36/h3-10,17-20,24-25H,11-12H2,1-2H3/t17-,18-,19-,20+,24-,25+/m0/s1. The number of benzene rings is 2. The summed E-state index contributed by atoms with van der Waals surface area (Å²) >= 11 is 12.2. The van der Waals surface area contributed by atoms with Crippen LogP contribution in [0.4, 0.5) is 0 Å². The first-order chi connectivity index (χ1) is 17.2. The number of carbonyl (C=O) groups excluding carboxylic acids is 4. The summed E-state index contributed by atoms with van der Waals surface area (Å²) in [4.78, 5) is 54.6. The van der Waals surface area contributed by atoms with Gasteiger partial charge in [-0.1, -0.05) is 47.5 Å². The molecule has 3 fully saturated rings. The third-order valence-electron chi connectivity index (χ3n) is 8.40. The molecule has 6 atom stereocenters. The van der Waals surface area contributed by atoms with E-state index in [1.165, 1.54) is 18.2 Å². The van der Waals surface area contributed by atoms with Crippen LogP contribution >= 0.6 is 23.2 Å². The maximum Gasteiger partial charge on any atom is 0.273 e. The number of hydrazine groups is 1. The average Bonchev–Trinajstić information content (AvgIpc) is 3.64. The zero-order valence-corrected chi connectivity index (χ0v) is 21.3. The third kappa shape index (κ3) is 3.46. The second kappa shape index (κ2) is 8.29. The van der Waals surface area contributed by atoms with Crippen LogP contribution in [0.5, 0.6) is 0 Å². The lowest BCUT2D eigenvalue weighted by atomic mass is 9.63. The van der Waals surface area contributed by atoms with Gasteiger partial charge >= 0.3 is 0 Å². The predicted molar refractivity (Wildman–Crippen MR) is 134 cm³/mol. The highest BCUT2D eigenvalue weighted by Gasteiger charge is 2.68. The summed E-state index contributed by atoms with van der Waals surface area (Å²) in [5.41, 5.74) is 2.51. The Morgan fingerprint density at radius 3 is 2.06 bits per heavy atom. The Bertz CT molecular complexity index is 1350. The molecule has 2 saturated carbocycles. The summed E-state index contributed by atoms with van der Waals surface area (Å²) in [5.74, 6) is -1.96. The van der Waals surface area contributed by atoms with Crippen LogP contribution in [0.1, 0.15) is 38.3 Å². The van der Waals surface area contributed by atoms with Crippen LogP contribution in [0.3, 0.4) is 0 Å². The van der Waals surface area contributed by atoms with Crippen LogP contribution in [0, 0.1) is 49.4 Å². The van der Waals surface area contributed by atoms with Crippen LogP contribution in [-0.2, 0) is 9.59 Å². The zero-order chi connectivity index (χ0) is 25.5. The highest BCUT2D eigenvalue weighted by atomic mass is 35.5. The predicted octanol–water partition coefficient (Wildman–Crippen LogP) is 4.90. The van der Waals surface area contributed by atoms with Crippen molar-refractivity contribution in [3.63, 3.8) is 0 Å². The van der Waals surface area contributed by atoms with E-state index in [9.17, 15) is 19.2 Å². The first-order valence-corrected chi connectivity index (χ1v) is 12.9. The van der Waals surface area contributed by atoms with Gasteiger partial charge in [0.15, 0.2) is 5.78 Å². The number of Topliss-reactive ketones (excluding diaryl/α,β-unsaturated/α-hetero) is 1. The molecule has 0 aromatic heterocycles. The quantitative estimate of drug-likeness (QED) is 0.318. The fourth-order valence-electron chi connectivity index (χ4n) is 6.33. The van der Waals surface area contributed by atoms with E-state index < -0.39 is 36.1 Å². The molecule has 2 aromatic carbocycles. The molecule has 1 saturated heterocycles. The lowest BCUT2D eigenvalue weighted by Gasteiger charge is -2.37. The van der Waals surface area contributed by atoms with Crippen molar-refractivity contribution in [3.05, 3.63) is 80.8 Å². The average molecular weight is 523 g/mol. The summed E-state index contributed by atoms with van der Waals surface area (Å²) < 4.78 is 0. The molecule has 3 amide bonds. The number of hydrogen-bond donors (Lipinski definition) is 0. The summed E-state index contributed by atoms with van der Waals surface area (Å²) in [5, 5.41) is 2.38. The molecule has 36 heavy (non-hydrogen) atoms. The topological polar surface area (TPSA) is 74.8 Å². The summed E-state index contributed by atoms with van der Waals surface area (Å²) in [6.45, 7) is 3.39. The molecule has 0 unspecified atom stereocenters. The van der Waals surface area contributed by atoms with Crippen molar-refractivity contribution in [2.24, 2.45) is 35.5 Å². The van der Waals surface area contributed by atoms with Crippen molar-refractivity contribution < 1.29 is 19.2 Å². The van der Waals surface area contributed by atoms with Gasteiger partial charge in [0.1, 0.15) is 6.54 Å². The Morgan fingerprint density at radius 1 is 0.861 bits per heavy atom. The number of amides is 3. The molecular weight excluding hydrogens is 499 g/mol. The lowest BCUT2D eigenvalue weighted by Crippen LogP contribution is -2.52. The molecule has 1 heterocycles. The van der Waals surface area contributed by atoms with Crippen molar-refractivity contribution in [1.29, 1.82) is 0 Å². The van der Waals surface area contributed by atoms with Gasteiger partial charge in [0, 0.05) is 11.1 Å². The van der Waals surface area contributed by atoms with Gasteiger partial charge in [0.05, 0.1) is 21.9 Å². The maximum absolute atomic E-state index is 13.7. The zero-order valence-electron chi connectivity index (χ0n) is 19.8. The van der Waals surface area contributed by atoms with E-state index in [4.69, 9.17) is 23.2 Å². The van der Waals surface area contributed by atoms with Gasteiger partial charge in [-0.25, -0.2) is 5.01 Å². The van der Waals surface area contributed by atoms with Gasteiger partial charge in [0.25, 0.3) is 17.7 Å². The fraction of sp³-hybridized carbons (Fsp3) is 0.357. The number of rotatable bonds is 5. The van der Waals surface area contributed by atoms with E-state index in [-0.39, 0.29) is 33.2 Å². The molecule has 1 aliphatic heterocycles. The van der Waals surface area contributed by atoms with Crippen molar-refractivity contribution in [1.82, 2.24) is 10.0 Å². The number of imide groups is 1. The molecule has 0 radical (unpaired) electrons. The van der Waals surface area contributed by atoms with Crippen molar-refractivity contribution in [3.8, 4) is 0 Å². The fourth-order valence-corrected chi connectivity index (χ4v) is 6.63. The smallest absolute Gasteiger partial charge is 0.273 e. The van der Waals surface area contributed by atoms with E-state index in [0.29, 0.717) is 17.4 Å². The molecule has 7 rings (SSSR count). The second-order valence-electron chi connectivity index (χ2n) is 10.4. The van der Waals surface area contributed by atoms with E-state index in [1.54, 1.807) is 12.1 Å². The molecule has 0 spiro atoms. The SMILES string of the molecule is Cc1ccc(C(=O)CN(C(=O)c2ccc(Cl)c(Cl)c2)N2C(=O)[C@@H]3[C@H]4C=C[C@@H]([C@@H]5C[C@H]45)[C@@H]3C2=O)cc1C. The molecule has 2 bridgehead atoms. The second-order valence-corrected chi connectivity index (χ2v) is 11.2. The summed E-state index contributed by atoms with van der Waals surface area (Å²) in [6, 6.07) is 9.62. The Kier molecular flexibility index (Phi) is 5.39. The Morgan fingerprint density at radius 2 is 1.47 bits per heavy atom. The third-order valence-corrected chi connectivity index (χ3v) is 9.14. The number of allylic oxidation sites excluding steroid dienone is 2. The minimum absolute atomic E-state index is 0.00354. The summed E-state index contributed by atoms with van der Waals surface area (Å²) in [7, 11) is 0. The summed E-state index contributed by atoms with van der Waals surface area (Å²) in [6.07, 6.45) is 5.17. The monoisotopic (exact) mass is 522 g/mol. The molecule has 5 aliphatic rings. The highest BCUT2D eigenvalue weighted by Crippen LogP contribution is 2.65. The van der Waals surface area contributed by atoms with Gasteiger partial charge in [-0.05, 0) is 79.3 Å². The molecular formula is C28H24Cl2N2O4. The van der Waals surface area contributed by atoms with Crippen LogP contribution < -0.4 is 0 Å². The molecule has 6 nitrogen and oxygen atoms in total. The highest BCUT2D eigenvalue weighted by molar-refractivity contribution is 6.42. The van der Waals surface area contributed by atoms with E-state index in [1.807, 2.05) is 19.9 Å². The number of aryl methyl sites for hydroxylation is 2. The van der Waals surface area contributed by atoms with Gasteiger partial charge in [0.2, 0.25) is 0 Å². The van der Waals surface area contributed by atoms with Gasteiger partial charge in [-0.15, -0.1) is 0 Å². The Hall–Kier alpha value is -2.96. The molecule has 184 valence electrons. The Balaban J connectivity index is 1.38. The first kappa shape index (κ1) is 23.4. The molecule has 4 aliphatic carbocycles. The number of halogens is 2. The molecule has 2 aromatic rings. The van der Waals surface area contributed by atoms with Gasteiger partial charge in [-0.3, -0.25) is 19.2 Å². The van der Waals surface area contributed by atoms with Crippen molar-refractivity contribution >= 4 is 46.7 Å².